The number of primary amides is 1. The van der Waals surface area contributed by atoms with Crippen molar-refractivity contribution in [1.82, 2.24) is 5.32 Å². The van der Waals surface area contributed by atoms with E-state index in [0.717, 1.165) is 18.4 Å². The predicted octanol–water partition coefficient (Wildman–Crippen LogP) is -0.210. The minimum Gasteiger partial charge on any atom is -0.368 e. The van der Waals surface area contributed by atoms with E-state index in [9.17, 15) is 9.59 Å². The summed E-state index contributed by atoms with van der Waals surface area (Å²) in [6, 6.07) is 6.39. The SMILES string of the molecule is NOCc1ccc(C(=O)NCCCC[C@H](N)C(N)=O)cc1. The van der Waals surface area contributed by atoms with Gasteiger partial charge in [0.25, 0.3) is 5.91 Å². The molecule has 1 atom stereocenters. The fraction of sp³-hybridized carbons (Fsp3) is 0.429. The largest absolute Gasteiger partial charge is 0.368 e. The molecular weight excluding hydrogens is 272 g/mol. The number of carbonyl (C=O) groups is 2. The van der Waals surface area contributed by atoms with Crippen LogP contribution in [0.4, 0.5) is 0 Å². The Bertz CT molecular complexity index is 462. The number of hydrogen-bond donors (Lipinski definition) is 4. The lowest BCUT2D eigenvalue weighted by Gasteiger charge is -2.08. The highest BCUT2D eigenvalue weighted by atomic mass is 16.6. The average molecular weight is 294 g/mol. The van der Waals surface area contributed by atoms with Crippen LogP contribution in [-0.2, 0) is 16.2 Å². The van der Waals surface area contributed by atoms with Crippen LogP contribution in [0.2, 0.25) is 0 Å². The van der Waals surface area contributed by atoms with Crippen molar-refractivity contribution in [3.8, 4) is 0 Å². The molecule has 0 aliphatic carbocycles. The molecule has 0 heterocycles. The van der Waals surface area contributed by atoms with E-state index in [1.807, 2.05) is 0 Å². The maximum absolute atomic E-state index is 11.9. The lowest BCUT2D eigenvalue weighted by molar-refractivity contribution is -0.119. The van der Waals surface area contributed by atoms with Gasteiger partial charge >= 0.3 is 0 Å². The first-order valence-corrected chi connectivity index (χ1v) is 6.78. The number of hydrogen-bond acceptors (Lipinski definition) is 5. The summed E-state index contributed by atoms with van der Waals surface area (Å²) < 4.78 is 0. The van der Waals surface area contributed by atoms with Crippen molar-refractivity contribution in [1.29, 1.82) is 0 Å². The Morgan fingerprint density at radius 3 is 2.43 bits per heavy atom. The second-order valence-corrected chi connectivity index (χ2v) is 4.77. The van der Waals surface area contributed by atoms with Gasteiger partial charge in [-0.3, -0.25) is 14.4 Å². The molecule has 0 bridgehead atoms. The fourth-order valence-corrected chi connectivity index (χ4v) is 1.78. The van der Waals surface area contributed by atoms with Crippen molar-refractivity contribution in [2.75, 3.05) is 6.54 Å². The van der Waals surface area contributed by atoms with E-state index >= 15 is 0 Å². The van der Waals surface area contributed by atoms with Gasteiger partial charge in [0.05, 0.1) is 12.6 Å². The molecule has 21 heavy (non-hydrogen) atoms. The minimum atomic E-state index is -0.613. The topological polar surface area (TPSA) is 133 Å². The molecule has 0 radical (unpaired) electrons. The number of nitrogens with two attached hydrogens (primary N) is 3. The molecule has 0 unspecified atom stereocenters. The number of nitrogens with one attached hydrogen (secondary N) is 1. The number of carbonyl (C=O) groups excluding carboxylic acids is 2. The molecule has 7 nitrogen and oxygen atoms in total. The van der Waals surface area contributed by atoms with E-state index in [1.54, 1.807) is 24.3 Å². The Labute approximate surface area is 123 Å². The normalized spacial score (nSPS) is 11.9. The third-order valence-corrected chi connectivity index (χ3v) is 3.06. The smallest absolute Gasteiger partial charge is 0.251 e. The van der Waals surface area contributed by atoms with Gasteiger partial charge in [0.2, 0.25) is 5.91 Å². The third-order valence-electron chi connectivity index (χ3n) is 3.06. The first-order valence-electron chi connectivity index (χ1n) is 6.78. The van der Waals surface area contributed by atoms with Crippen LogP contribution >= 0.6 is 0 Å². The summed E-state index contributed by atoms with van der Waals surface area (Å²) >= 11 is 0. The minimum absolute atomic E-state index is 0.144. The summed E-state index contributed by atoms with van der Waals surface area (Å²) in [5.41, 5.74) is 12.0. The lowest BCUT2D eigenvalue weighted by atomic mass is 10.1. The van der Waals surface area contributed by atoms with Crippen LogP contribution in [0.15, 0.2) is 24.3 Å². The molecule has 2 amide bonds. The standard InChI is InChI=1S/C14H22N4O3/c15-12(13(16)19)3-1-2-8-18-14(20)11-6-4-10(5-7-11)9-21-17/h4-7,12H,1-3,8-9,15,17H2,(H2,16,19)(H,18,20)/t12-/m0/s1. The third kappa shape index (κ3) is 6.35. The van der Waals surface area contributed by atoms with E-state index in [1.165, 1.54) is 0 Å². The molecule has 1 rings (SSSR count). The summed E-state index contributed by atoms with van der Waals surface area (Å²) in [5.74, 6) is 4.33. The maximum atomic E-state index is 11.9. The molecule has 0 aliphatic rings. The highest BCUT2D eigenvalue weighted by Gasteiger charge is 2.08. The van der Waals surface area contributed by atoms with Crippen molar-refractivity contribution in [2.24, 2.45) is 17.4 Å². The molecule has 0 fully saturated rings. The van der Waals surface area contributed by atoms with Crippen LogP contribution in [0.25, 0.3) is 0 Å². The molecule has 7 N–H and O–H groups in total. The molecule has 1 aromatic carbocycles. The summed E-state index contributed by atoms with van der Waals surface area (Å²) in [7, 11) is 0. The summed E-state index contributed by atoms with van der Waals surface area (Å²) in [6.45, 7) is 0.833. The number of unbranched alkanes of at least 4 members (excludes halogenated alkanes) is 1. The van der Waals surface area contributed by atoms with E-state index in [4.69, 9.17) is 17.4 Å². The molecule has 0 spiro atoms. The van der Waals surface area contributed by atoms with Gasteiger partial charge in [0.15, 0.2) is 0 Å². The molecule has 0 aliphatic heterocycles. The Balaban J connectivity index is 2.26. The zero-order valence-corrected chi connectivity index (χ0v) is 11.9. The van der Waals surface area contributed by atoms with Crippen molar-refractivity contribution in [2.45, 2.75) is 31.9 Å². The first-order chi connectivity index (χ1) is 10.0. The molecule has 7 heteroatoms. The van der Waals surface area contributed by atoms with Gasteiger partial charge in [-0.05, 0) is 37.0 Å². The van der Waals surface area contributed by atoms with Crippen LogP contribution in [-0.4, -0.2) is 24.4 Å². The predicted molar refractivity (Wildman–Crippen MR) is 78.8 cm³/mol. The zero-order valence-electron chi connectivity index (χ0n) is 11.9. The van der Waals surface area contributed by atoms with Crippen molar-refractivity contribution in [3.63, 3.8) is 0 Å². The second kappa shape index (κ2) is 9.06. The molecule has 0 aromatic heterocycles. The van der Waals surface area contributed by atoms with Gasteiger partial charge in [-0.2, -0.15) is 0 Å². The zero-order chi connectivity index (χ0) is 15.7. The van der Waals surface area contributed by atoms with Crippen LogP contribution in [0, 0.1) is 0 Å². The second-order valence-electron chi connectivity index (χ2n) is 4.77. The van der Waals surface area contributed by atoms with Gasteiger partial charge in [-0.1, -0.05) is 12.1 Å². The van der Waals surface area contributed by atoms with Gasteiger partial charge in [-0.15, -0.1) is 0 Å². The maximum Gasteiger partial charge on any atom is 0.251 e. The molecular formula is C14H22N4O3. The number of rotatable bonds is 9. The molecule has 0 saturated carbocycles. The van der Waals surface area contributed by atoms with E-state index in [2.05, 4.69) is 10.2 Å². The van der Waals surface area contributed by atoms with E-state index in [0.29, 0.717) is 25.1 Å². The van der Waals surface area contributed by atoms with Gasteiger partial charge < -0.3 is 16.8 Å². The Morgan fingerprint density at radius 1 is 1.19 bits per heavy atom. The van der Waals surface area contributed by atoms with Gasteiger partial charge in [-0.25, -0.2) is 5.90 Å². The first kappa shape index (κ1) is 17.1. The Hall–Kier alpha value is -1.96. The van der Waals surface area contributed by atoms with Crippen LogP contribution in [0.1, 0.15) is 35.2 Å². The molecule has 1 aromatic rings. The monoisotopic (exact) mass is 294 g/mol. The van der Waals surface area contributed by atoms with Gasteiger partial charge in [0, 0.05) is 12.1 Å². The van der Waals surface area contributed by atoms with Crippen LogP contribution in [0.3, 0.4) is 0 Å². The summed E-state index contributed by atoms with van der Waals surface area (Å²) in [5, 5.41) is 2.80. The van der Waals surface area contributed by atoms with Crippen molar-refractivity contribution >= 4 is 11.8 Å². The lowest BCUT2D eigenvalue weighted by Crippen LogP contribution is -2.36. The number of benzene rings is 1. The summed E-state index contributed by atoms with van der Waals surface area (Å²) in [6.07, 6.45) is 2.00. The highest BCUT2D eigenvalue weighted by molar-refractivity contribution is 5.94. The van der Waals surface area contributed by atoms with Crippen molar-refractivity contribution in [3.05, 3.63) is 35.4 Å². The molecule has 116 valence electrons. The Morgan fingerprint density at radius 2 is 1.86 bits per heavy atom. The fourth-order valence-electron chi connectivity index (χ4n) is 1.78. The van der Waals surface area contributed by atoms with E-state index in [-0.39, 0.29) is 5.91 Å². The number of amides is 2. The van der Waals surface area contributed by atoms with Crippen LogP contribution in [0.5, 0.6) is 0 Å². The summed E-state index contributed by atoms with van der Waals surface area (Å²) in [4.78, 5) is 27.1. The average Bonchev–Trinajstić information content (AvgIpc) is 2.47. The Kier molecular flexibility index (Phi) is 7.38. The van der Waals surface area contributed by atoms with E-state index < -0.39 is 11.9 Å². The highest BCUT2D eigenvalue weighted by Crippen LogP contribution is 2.05. The quantitative estimate of drug-likeness (QED) is 0.369. The van der Waals surface area contributed by atoms with Gasteiger partial charge in [0.1, 0.15) is 0 Å². The van der Waals surface area contributed by atoms with Crippen LogP contribution < -0.4 is 22.7 Å². The molecule has 0 saturated heterocycles. The van der Waals surface area contributed by atoms with Crippen molar-refractivity contribution < 1.29 is 14.4 Å².